The number of benzene rings is 1. The Kier molecular flexibility index (Phi) is 4.50. The second kappa shape index (κ2) is 6.31. The summed E-state index contributed by atoms with van der Waals surface area (Å²) in [5.74, 6) is 0.152. The molecule has 1 aliphatic heterocycles. The molecule has 0 aliphatic carbocycles. The first kappa shape index (κ1) is 17.1. The van der Waals surface area contributed by atoms with Gasteiger partial charge in [-0.2, -0.15) is 4.31 Å². The average molecular weight is 348 g/mol. The van der Waals surface area contributed by atoms with Gasteiger partial charge in [-0.3, -0.25) is 0 Å². The number of likely N-dealkylation sites (N-methyl/N-ethyl adjacent to an activating group) is 1. The van der Waals surface area contributed by atoms with Gasteiger partial charge in [0.25, 0.3) is 10.0 Å². The van der Waals surface area contributed by atoms with Gasteiger partial charge in [-0.25, -0.2) is 13.4 Å². The molecule has 0 saturated carbocycles. The number of nitrogens with zero attached hydrogens (tertiary/aromatic N) is 4. The van der Waals surface area contributed by atoms with E-state index in [2.05, 4.69) is 41.1 Å². The number of aryl methyl sites for hydroxylation is 2. The van der Waals surface area contributed by atoms with Crippen molar-refractivity contribution in [3.63, 3.8) is 0 Å². The molecule has 2 atom stereocenters. The SMILES string of the molecule is Cc1ccc(C2CN(S(=O)(=O)c3cn(C)cn3)C[C@H]2N(C)C)cc1. The predicted molar refractivity (Wildman–Crippen MR) is 93.4 cm³/mol. The van der Waals surface area contributed by atoms with Crippen LogP contribution in [0.15, 0.2) is 41.8 Å². The number of rotatable bonds is 4. The van der Waals surface area contributed by atoms with Crippen LogP contribution in [0.3, 0.4) is 0 Å². The molecule has 0 radical (unpaired) electrons. The monoisotopic (exact) mass is 348 g/mol. The van der Waals surface area contributed by atoms with E-state index < -0.39 is 10.0 Å². The number of aromatic nitrogens is 2. The summed E-state index contributed by atoms with van der Waals surface area (Å²) in [6.45, 7) is 3.01. The van der Waals surface area contributed by atoms with Crippen molar-refractivity contribution in [2.24, 2.45) is 7.05 Å². The molecule has 6 nitrogen and oxygen atoms in total. The van der Waals surface area contributed by atoms with Gasteiger partial charge in [-0.15, -0.1) is 0 Å². The molecule has 3 rings (SSSR count). The van der Waals surface area contributed by atoms with Crippen LogP contribution in [0.2, 0.25) is 0 Å². The summed E-state index contributed by atoms with van der Waals surface area (Å²) in [6, 6.07) is 8.52. The Balaban J connectivity index is 1.91. The number of hydrogen-bond donors (Lipinski definition) is 0. The molecule has 1 unspecified atom stereocenters. The molecule has 130 valence electrons. The average Bonchev–Trinajstić information content (AvgIpc) is 3.15. The number of hydrogen-bond acceptors (Lipinski definition) is 4. The topological polar surface area (TPSA) is 58.4 Å². The molecule has 7 heteroatoms. The van der Waals surface area contributed by atoms with Crippen LogP contribution in [0.4, 0.5) is 0 Å². The molecule has 2 heterocycles. The normalized spacial score (nSPS) is 22.4. The van der Waals surface area contributed by atoms with E-state index in [1.807, 2.05) is 14.1 Å². The quantitative estimate of drug-likeness (QED) is 0.839. The molecular weight excluding hydrogens is 324 g/mol. The Hall–Kier alpha value is -1.70. The summed E-state index contributed by atoms with van der Waals surface area (Å²) in [5.41, 5.74) is 2.38. The highest BCUT2D eigenvalue weighted by molar-refractivity contribution is 7.89. The van der Waals surface area contributed by atoms with E-state index >= 15 is 0 Å². The second-order valence-electron chi connectivity index (χ2n) is 6.75. The highest BCUT2D eigenvalue weighted by Gasteiger charge is 2.41. The van der Waals surface area contributed by atoms with Crippen molar-refractivity contribution in [2.75, 3.05) is 27.2 Å². The van der Waals surface area contributed by atoms with Gasteiger partial charge in [-0.05, 0) is 26.6 Å². The first-order chi connectivity index (χ1) is 11.3. The minimum absolute atomic E-state index is 0.118. The molecule has 2 aromatic rings. The number of sulfonamides is 1. The van der Waals surface area contributed by atoms with Gasteiger partial charge in [0, 0.05) is 38.3 Å². The summed E-state index contributed by atoms with van der Waals surface area (Å²) in [4.78, 5) is 6.14. The van der Waals surface area contributed by atoms with Crippen molar-refractivity contribution in [1.29, 1.82) is 0 Å². The smallest absolute Gasteiger partial charge is 0.262 e. The van der Waals surface area contributed by atoms with Crippen molar-refractivity contribution in [2.45, 2.75) is 23.9 Å². The zero-order valence-corrected chi connectivity index (χ0v) is 15.4. The number of imidazole rings is 1. The highest BCUT2D eigenvalue weighted by Crippen LogP contribution is 2.33. The molecule has 1 aromatic heterocycles. The van der Waals surface area contributed by atoms with E-state index in [0.29, 0.717) is 13.1 Å². The predicted octanol–water partition coefficient (Wildman–Crippen LogP) is 1.45. The third-order valence-electron chi connectivity index (χ3n) is 4.71. The van der Waals surface area contributed by atoms with Crippen LogP contribution in [0.5, 0.6) is 0 Å². The second-order valence-corrected chi connectivity index (χ2v) is 8.63. The lowest BCUT2D eigenvalue weighted by Gasteiger charge is -2.25. The maximum Gasteiger partial charge on any atom is 0.262 e. The summed E-state index contributed by atoms with van der Waals surface area (Å²) >= 11 is 0. The van der Waals surface area contributed by atoms with Crippen LogP contribution in [0.1, 0.15) is 17.0 Å². The van der Waals surface area contributed by atoms with Crippen LogP contribution in [0, 0.1) is 6.92 Å². The lowest BCUT2D eigenvalue weighted by atomic mass is 9.93. The van der Waals surface area contributed by atoms with Crippen molar-refractivity contribution in [3.8, 4) is 0 Å². The molecule has 1 fully saturated rings. The van der Waals surface area contributed by atoms with Crippen molar-refractivity contribution in [1.82, 2.24) is 18.8 Å². The Bertz CT molecular complexity index is 811. The highest BCUT2D eigenvalue weighted by atomic mass is 32.2. The van der Waals surface area contributed by atoms with Gasteiger partial charge in [-0.1, -0.05) is 29.8 Å². The van der Waals surface area contributed by atoms with E-state index in [1.54, 1.807) is 22.1 Å². The van der Waals surface area contributed by atoms with Crippen molar-refractivity contribution >= 4 is 10.0 Å². The fourth-order valence-electron chi connectivity index (χ4n) is 3.27. The van der Waals surface area contributed by atoms with Gasteiger partial charge in [0.1, 0.15) is 0 Å². The Morgan fingerprint density at radius 3 is 2.38 bits per heavy atom. The molecule has 24 heavy (non-hydrogen) atoms. The van der Waals surface area contributed by atoms with Crippen LogP contribution < -0.4 is 0 Å². The van der Waals surface area contributed by atoms with Gasteiger partial charge in [0.05, 0.1) is 6.33 Å². The molecule has 1 aromatic carbocycles. The summed E-state index contributed by atoms with van der Waals surface area (Å²) in [5, 5.41) is 0.118. The largest absolute Gasteiger partial charge is 0.339 e. The minimum atomic E-state index is -3.56. The van der Waals surface area contributed by atoms with E-state index in [1.165, 1.54) is 17.5 Å². The zero-order valence-electron chi connectivity index (χ0n) is 14.5. The molecule has 0 N–H and O–H groups in total. The Labute approximate surface area is 143 Å². The summed E-state index contributed by atoms with van der Waals surface area (Å²) in [7, 11) is 2.22. The maximum atomic E-state index is 12.9. The standard InChI is InChI=1S/C17H24N4O2S/c1-13-5-7-14(8-6-13)15-9-21(10-16(15)19(2)3)24(22,23)17-11-20(4)12-18-17/h5-8,11-12,15-16H,9-10H2,1-4H3/t15?,16-/m1/s1. The Morgan fingerprint density at radius 2 is 1.83 bits per heavy atom. The maximum absolute atomic E-state index is 12.9. The molecule has 0 bridgehead atoms. The van der Waals surface area contributed by atoms with Gasteiger partial charge < -0.3 is 9.47 Å². The van der Waals surface area contributed by atoms with Gasteiger partial charge >= 0.3 is 0 Å². The first-order valence-corrected chi connectivity index (χ1v) is 9.44. The lowest BCUT2D eigenvalue weighted by molar-refractivity contribution is 0.285. The van der Waals surface area contributed by atoms with E-state index in [9.17, 15) is 8.42 Å². The van der Waals surface area contributed by atoms with E-state index in [4.69, 9.17) is 0 Å². The van der Waals surface area contributed by atoms with Crippen molar-refractivity contribution < 1.29 is 8.42 Å². The summed E-state index contributed by atoms with van der Waals surface area (Å²) in [6.07, 6.45) is 3.07. The molecule has 0 spiro atoms. The molecule has 1 saturated heterocycles. The lowest BCUT2D eigenvalue weighted by Crippen LogP contribution is -2.35. The van der Waals surface area contributed by atoms with Crippen molar-refractivity contribution in [3.05, 3.63) is 47.9 Å². The zero-order chi connectivity index (χ0) is 17.5. The first-order valence-electron chi connectivity index (χ1n) is 8.00. The summed E-state index contributed by atoms with van der Waals surface area (Å²) < 4.78 is 29.0. The molecule has 1 aliphatic rings. The van der Waals surface area contributed by atoms with E-state index in [-0.39, 0.29) is 17.0 Å². The molecular formula is C17H24N4O2S. The van der Waals surface area contributed by atoms with Crippen LogP contribution in [-0.2, 0) is 17.1 Å². The fraction of sp³-hybridized carbons (Fsp3) is 0.471. The van der Waals surface area contributed by atoms with E-state index in [0.717, 1.165) is 0 Å². The Morgan fingerprint density at radius 1 is 1.17 bits per heavy atom. The minimum Gasteiger partial charge on any atom is -0.339 e. The van der Waals surface area contributed by atoms with Gasteiger partial charge in [0.15, 0.2) is 5.03 Å². The molecule has 0 amide bonds. The van der Waals surface area contributed by atoms with Crippen LogP contribution >= 0.6 is 0 Å². The van der Waals surface area contributed by atoms with Crippen LogP contribution in [0.25, 0.3) is 0 Å². The third-order valence-corrected chi connectivity index (χ3v) is 6.43. The fourth-order valence-corrected chi connectivity index (χ4v) is 4.72. The van der Waals surface area contributed by atoms with Crippen LogP contribution in [-0.4, -0.2) is 60.4 Å². The third kappa shape index (κ3) is 3.11. The van der Waals surface area contributed by atoms with Gasteiger partial charge in [0.2, 0.25) is 0 Å².